The van der Waals surface area contributed by atoms with Gasteiger partial charge >= 0.3 is 0 Å². The number of hydrogen-bond acceptors (Lipinski definition) is 4. The molecule has 0 radical (unpaired) electrons. The molecule has 1 heterocycles. The predicted octanol–water partition coefficient (Wildman–Crippen LogP) is 0.0890. The van der Waals surface area contributed by atoms with E-state index in [1.54, 1.807) is 0 Å². The van der Waals surface area contributed by atoms with Crippen molar-refractivity contribution in [3.63, 3.8) is 0 Å². The highest BCUT2D eigenvalue weighted by molar-refractivity contribution is 7.89. The molecule has 0 unspecified atom stereocenters. The van der Waals surface area contributed by atoms with Gasteiger partial charge in [-0.05, 0) is 12.8 Å². The third-order valence-corrected chi connectivity index (χ3v) is 4.98. The van der Waals surface area contributed by atoms with E-state index in [0.29, 0.717) is 0 Å². The molecule has 1 aromatic rings. The number of carbonyl (C=O) groups is 1. The van der Waals surface area contributed by atoms with Crippen LogP contribution in [0.25, 0.3) is 0 Å². The molecule has 8 heteroatoms. The Bertz CT molecular complexity index is 520. The van der Waals surface area contributed by atoms with Gasteiger partial charge in [0.05, 0.1) is 19.1 Å². The average molecular weight is 286 g/mol. The van der Waals surface area contributed by atoms with Gasteiger partial charge in [0.2, 0.25) is 5.91 Å². The molecule has 1 aliphatic carbocycles. The molecule has 1 amide bonds. The molecule has 0 spiro atoms. The molecule has 0 saturated heterocycles. The van der Waals surface area contributed by atoms with E-state index < -0.39 is 10.0 Å². The molecular formula is C11H18N4O3S. The molecule has 1 saturated carbocycles. The second-order valence-corrected chi connectivity index (χ2v) is 6.74. The standard InChI is InChI=1S/C11H18N4O3S/c1-15(19(17,18)11-6-12-8-13-11)7-10(16)14-9-4-2-3-5-9/h6,8-9H,2-5,7H2,1H3,(H,12,13)(H,14,16). The zero-order valence-corrected chi connectivity index (χ0v) is 11.6. The number of aromatic amines is 1. The van der Waals surface area contributed by atoms with Gasteiger partial charge in [0.1, 0.15) is 0 Å². The summed E-state index contributed by atoms with van der Waals surface area (Å²) < 4.78 is 25.1. The van der Waals surface area contributed by atoms with E-state index in [1.165, 1.54) is 19.6 Å². The van der Waals surface area contributed by atoms with Crippen LogP contribution in [0.2, 0.25) is 0 Å². The van der Waals surface area contributed by atoms with E-state index in [0.717, 1.165) is 30.0 Å². The number of imidazole rings is 1. The Morgan fingerprint density at radius 1 is 1.53 bits per heavy atom. The minimum absolute atomic E-state index is 0.0105. The molecule has 2 rings (SSSR count). The van der Waals surface area contributed by atoms with Gasteiger partial charge in [0, 0.05) is 13.1 Å². The molecule has 1 aromatic heterocycles. The number of H-pyrrole nitrogens is 1. The quantitative estimate of drug-likeness (QED) is 0.802. The minimum atomic E-state index is -3.67. The number of nitrogens with one attached hydrogen (secondary N) is 2. The predicted molar refractivity (Wildman–Crippen MR) is 68.8 cm³/mol. The average Bonchev–Trinajstić information content (AvgIpc) is 3.00. The Balaban J connectivity index is 1.93. The van der Waals surface area contributed by atoms with Gasteiger partial charge in [-0.15, -0.1) is 0 Å². The van der Waals surface area contributed by atoms with Crippen molar-refractivity contribution in [3.8, 4) is 0 Å². The van der Waals surface area contributed by atoms with Crippen LogP contribution in [0.15, 0.2) is 17.6 Å². The van der Waals surface area contributed by atoms with Crippen molar-refractivity contribution >= 4 is 15.9 Å². The van der Waals surface area contributed by atoms with Crippen LogP contribution >= 0.6 is 0 Å². The van der Waals surface area contributed by atoms with Crippen molar-refractivity contribution in [1.29, 1.82) is 0 Å². The lowest BCUT2D eigenvalue weighted by Gasteiger charge is -2.17. The zero-order valence-electron chi connectivity index (χ0n) is 10.8. The summed E-state index contributed by atoms with van der Waals surface area (Å²) in [5, 5.41) is 2.85. The first-order valence-electron chi connectivity index (χ1n) is 6.24. The Labute approximate surface area is 112 Å². The molecule has 1 fully saturated rings. The highest BCUT2D eigenvalue weighted by Crippen LogP contribution is 2.17. The zero-order chi connectivity index (χ0) is 13.9. The Morgan fingerprint density at radius 2 is 2.21 bits per heavy atom. The summed E-state index contributed by atoms with van der Waals surface area (Å²) in [5.41, 5.74) is 0. The molecule has 7 nitrogen and oxygen atoms in total. The minimum Gasteiger partial charge on any atom is -0.352 e. The number of carbonyl (C=O) groups excluding carboxylic acids is 1. The van der Waals surface area contributed by atoms with E-state index >= 15 is 0 Å². The maximum Gasteiger partial charge on any atom is 0.260 e. The number of nitrogens with zero attached hydrogens (tertiary/aromatic N) is 2. The van der Waals surface area contributed by atoms with Gasteiger partial charge < -0.3 is 10.3 Å². The van der Waals surface area contributed by atoms with Crippen LogP contribution in [0.1, 0.15) is 25.7 Å². The van der Waals surface area contributed by atoms with Crippen LogP contribution in [0.3, 0.4) is 0 Å². The van der Waals surface area contributed by atoms with E-state index in [4.69, 9.17) is 0 Å². The number of amides is 1. The summed E-state index contributed by atoms with van der Waals surface area (Å²) >= 11 is 0. The number of sulfonamides is 1. The smallest absolute Gasteiger partial charge is 0.260 e. The monoisotopic (exact) mass is 286 g/mol. The molecule has 0 aliphatic heterocycles. The Morgan fingerprint density at radius 3 is 2.79 bits per heavy atom. The third-order valence-electron chi connectivity index (χ3n) is 3.25. The fourth-order valence-corrected chi connectivity index (χ4v) is 3.20. The summed E-state index contributed by atoms with van der Waals surface area (Å²) in [6.07, 6.45) is 6.70. The van der Waals surface area contributed by atoms with Crippen molar-refractivity contribution in [2.24, 2.45) is 0 Å². The lowest BCUT2D eigenvalue weighted by atomic mass is 10.2. The van der Waals surface area contributed by atoms with Gasteiger partial charge in [-0.2, -0.15) is 4.31 Å². The van der Waals surface area contributed by atoms with Crippen molar-refractivity contribution < 1.29 is 13.2 Å². The molecule has 19 heavy (non-hydrogen) atoms. The van der Waals surface area contributed by atoms with Gasteiger partial charge in [-0.1, -0.05) is 12.8 Å². The first kappa shape index (κ1) is 14.0. The number of rotatable bonds is 5. The van der Waals surface area contributed by atoms with Crippen molar-refractivity contribution in [2.45, 2.75) is 36.8 Å². The third kappa shape index (κ3) is 3.32. The highest BCUT2D eigenvalue weighted by Gasteiger charge is 2.25. The fraction of sp³-hybridized carbons (Fsp3) is 0.636. The molecule has 106 valence electrons. The van der Waals surface area contributed by atoms with Crippen LogP contribution in [0, 0.1) is 0 Å². The molecular weight excluding hydrogens is 268 g/mol. The lowest BCUT2D eigenvalue weighted by Crippen LogP contribution is -2.41. The maximum atomic E-state index is 12.0. The summed E-state index contributed by atoms with van der Waals surface area (Å²) in [6.45, 7) is -0.183. The summed E-state index contributed by atoms with van der Waals surface area (Å²) in [7, 11) is -2.29. The van der Waals surface area contributed by atoms with Gasteiger partial charge in [-0.25, -0.2) is 13.4 Å². The van der Waals surface area contributed by atoms with Crippen molar-refractivity contribution in [1.82, 2.24) is 19.6 Å². The second kappa shape index (κ2) is 5.70. The number of aromatic nitrogens is 2. The Kier molecular flexibility index (Phi) is 4.20. The molecule has 2 N–H and O–H groups in total. The SMILES string of the molecule is CN(CC(=O)NC1CCCC1)S(=O)(=O)c1cnc[nH]1. The molecule has 0 atom stereocenters. The van der Waals surface area contributed by atoms with E-state index in [2.05, 4.69) is 15.3 Å². The Hall–Kier alpha value is -1.41. The van der Waals surface area contributed by atoms with Gasteiger partial charge in [0.25, 0.3) is 10.0 Å². The number of hydrogen-bond donors (Lipinski definition) is 2. The molecule has 0 aromatic carbocycles. The van der Waals surface area contributed by atoms with E-state index in [9.17, 15) is 13.2 Å². The normalized spacial score (nSPS) is 16.9. The first-order valence-corrected chi connectivity index (χ1v) is 7.68. The first-order chi connectivity index (χ1) is 9.00. The van der Waals surface area contributed by atoms with Crippen molar-refractivity contribution in [2.75, 3.05) is 13.6 Å². The number of likely N-dealkylation sites (N-methyl/N-ethyl adjacent to an activating group) is 1. The van der Waals surface area contributed by atoms with E-state index in [-0.39, 0.29) is 23.5 Å². The van der Waals surface area contributed by atoms with Crippen LogP contribution in [-0.4, -0.2) is 48.2 Å². The van der Waals surface area contributed by atoms with E-state index in [1.807, 2.05) is 0 Å². The van der Waals surface area contributed by atoms with Crippen LogP contribution in [-0.2, 0) is 14.8 Å². The largest absolute Gasteiger partial charge is 0.352 e. The van der Waals surface area contributed by atoms with Crippen LogP contribution in [0.4, 0.5) is 0 Å². The van der Waals surface area contributed by atoms with Crippen LogP contribution < -0.4 is 5.32 Å². The van der Waals surface area contributed by atoms with Gasteiger partial charge in [-0.3, -0.25) is 4.79 Å². The molecule has 1 aliphatic rings. The van der Waals surface area contributed by atoms with Crippen LogP contribution in [0.5, 0.6) is 0 Å². The maximum absolute atomic E-state index is 12.0. The second-order valence-electron chi connectivity index (χ2n) is 4.73. The van der Waals surface area contributed by atoms with Gasteiger partial charge in [0.15, 0.2) is 5.03 Å². The lowest BCUT2D eigenvalue weighted by molar-refractivity contribution is -0.121. The topological polar surface area (TPSA) is 95.2 Å². The van der Waals surface area contributed by atoms with Crippen molar-refractivity contribution in [3.05, 3.63) is 12.5 Å². The summed E-state index contributed by atoms with van der Waals surface area (Å²) in [6, 6.07) is 0.191. The fourth-order valence-electron chi connectivity index (χ4n) is 2.18. The summed E-state index contributed by atoms with van der Waals surface area (Å²) in [4.78, 5) is 18.0. The molecule has 0 bridgehead atoms. The summed E-state index contributed by atoms with van der Waals surface area (Å²) in [5.74, 6) is -0.266. The highest BCUT2D eigenvalue weighted by atomic mass is 32.2.